The molecule has 4 nitrogen and oxygen atoms in total. The zero-order chi connectivity index (χ0) is 13.4. The topological polar surface area (TPSA) is 58.2 Å². The van der Waals surface area contributed by atoms with Gasteiger partial charge in [-0.1, -0.05) is 0 Å². The molecular weight excluding hydrogens is 260 g/mol. The molecule has 2 aromatic rings. The Kier molecular flexibility index (Phi) is 2.83. The molecule has 1 aliphatic heterocycles. The Labute approximate surface area is 114 Å². The van der Waals surface area contributed by atoms with Crippen molar-refractivity contribution in [3.63, 3.8) is 0 Å². The molecule has 19 heavy (non-hydrogen) atoms. The van der Waals surface area contributed by atoms with E-state index >= 15 is 0 Å². The van der Waals surface area contributed by atoms with E-state index in [9.17, 15) is 9.59 Å². The van der Waals surface area contributed by atoms with Crippen molar-refractivity contribution in [3.05, 3.63) is 51.2 Å². The number of hydrogen-bond donors (Lipinski definition) is 2. The van der Waals surface area contributed by atoms with E-state index in [2.05, 4.69) is 29.7 Å². The van der Waals surface area contributed by atoms with Crippen LogP contribution in [-0.2, 0) is 6.54 Å². The van der Waals surface area contributed by atoms with Crippen LogP contribution in [0.3, 0.4) is 0 Å². The summed E-state index contributed by atoms with van der Waals surface area (Å²) in [5, 5.41) is 5.54. The molecule has 3 rings (SSSR count). The second-order valence-corrected chi connectivity index (χ2v) is 5.78. The van der Waals surface area contributed by atoms with Gasteiger partial charge in [-0.25, -0.2) is 0 Å². The smallest absolute Gasteiger partial charge is 0.259 e. The maximum absolute atomic E-state index is 11.5. The van der Waals surface area contributed by atoms with Gasteiger partial charge >= 0.3 is 0 Å². The first kappa shape index (κ1) is 11.9. The molecule has 0 unspecified atom stereocenters. The zero-order valence-electron chi connectivity index (χ0n) is 10.3. The van der Waals surface area contributed by atoms with Crippen LogP contribution in [0, 0.1) is 6.92 Å². The summed E-state index contributed by atoms with van der Waals surface area (Å²) >= 11 is 1.74. The third kappa shape index (κ3) is 2.24. The third-order valence-electron chi connectivity index (χ3n) is 3.00. The summed E-state index contributed by atoms with van der Waals surface area (Å²) in [5.41, 5.74) is 1.73. The molecule has 0 saturated carbocycles. The van der Waals surface area contributed by atoms with Gasteiger partial charge in [0.15, 0.2) is 0 Å². The van der Waals surface area contributed by atoms with Gasteiger partial charge in [-0.3, -0.25) is 14.9 Å². The first-order valence-electron chi connectivity index (χ1n) is 5.92. The van der Waals surface area contributed by atoms with Crippen LogP contribution in [-0.4, -0.2) is 11.8 Å². The van der Waals surface area contributed by atoms with Crippen molar-refractivity contribution >= 4 is 28.8 Å². The highest BCUT2D eigenvalue weighted by molar-refractivity contribution is 7.11. The maximum atomic E-state index is 11.5. The highest BCUT2D eigenvalue weighted by Gasteiger charge is 2.26. The average molecular weight is 272 g/mol. The lowest BCUT2D eigenvalue weighted by molar-refractivity contribution is 0.0879. The minimum atomic E-state index is -0.324. The van der Waals surface area contributed by atoms with Crippen molar-refractivity contribution in [1.29, 1.82) is 0 Å². The number of amides is 2. The number of aryl methyl sites for hydroxylation is 1. The average Bonchev–Trinajstić information content (AvgIpc) is 2.92. The van der Waals surface area contributed by atoms with Crippen LogP contribution in [0.4, 0.5) is 5.69 Å². The second kappa shape index (κ2) is 4.51. The summed E-state index contributed by atoms with van der Waals surface area (Å²) in [5.74, 6) is -0.643. The van der Waals surface area contributed by atoms with E-state index in [1.54, 1.807) is 23.5 Å². The fourth-order valence-electron chi connectivity index (χ4n) is 2.05. The number of carbonyl (C=O) groups excluding carboxylic acids is 2. The molecule has 96 valence electrons. The highest BCUT2D eigenvalue weighted by Crippen LogP contribution is 2.22. The number of hydrogen-bond acceptors (Lipinski definition) is 4. The minimum absolute atomic E-state index is 0.319. The lowest BCUT2D eigenvalue weighted by Gasteiger charge is -2.05. The summed E-state index contributed by atoms with van der Waals surface area (Å²) in [6.07, 6.45) is 0. The van der Waals surface area contributed by atoms with Crippen molar-refractivity contribution in [2.45, 2.75) is 13.5 Å². The first-order valence-corrected chi connectivity index (χ1v) is 6.74. The molecule has 1 aliphatic rings. The molecule has 1 aromatic heterocycles. The Morgan fingerprint density at radius 3 is 2.63 bits per heavy atom. The monoisotopic (exact) mass is 272 g/mol. The van der Waals surface area contributed by atoms with Crippen LogP contribution in [0.5, 0.6) is 0 Å². The van der Waals surface area contributed by atoms with Crippen LogP contribution < -0.4 is 10.6 Å². The molecule has 5 heteroatoms. The van der Waals surface area contributed by atoms with Gasteiger partial charge in [0.05, 0.1) is 11.1 Å². The summed E-state index contributed by atoms with van der Waals surface area (Å²) in [7, 11) is 0. The van der Waals surface area contributed by atoms with E-state index in [-0.39, 0.29) is 11.8 Å². The maximum Gasteiger partial charge on any atom is 0.259 e. The molecule has 0 saturated heterocycles. The van der Waals surface area contributed by atoms with Crippen molar-refractivity contribution < 1.29 is 9.59 Å². The number of nitrogens with one attached hydrogen (secondary N) is 2. The van der Waals surface area contributed by atoms with Gasteiger partial charge in [-0.15, -0.1) is 11.3 Å². The van der Waals surface area contributed by atoms with Crippen LogP contribution >= 0.6 is 11.3 Å². The molecule has 0 aliphatic carbocycles. The van der Waals surface area contributed by atoms with Crippen LogP contribution in [0.15, 0.2) is 30.3 Å². The van der Waals surface area contributed by atoms with Gasteiger partial charge in [-0.05, 0) is 37.3 Å². The summed E-state index contributed by atoms with van der Waals surface area (Å²) in [4.78, 5) is 25.5. The largest absolute Gasteiger partial charge is 0.380 e. The molecule has 0 spiro atoms. The number of fused-ring (bicyclic) bond motifs is 1. The molecule has 2 heterocycles. The minimum Gasteiger partial charge on any atom is -0.380 e. The summed E-state index contributed by atoms with van der Waals surface area (Å²) in [6.45, 7) is 2.78. The van der Waals surface area contributed by atoms with E-state index < -0.39 is 0 Å². The first-order chi connectivity index (χ1) is 9.13. The fourth-order valence-corrected chi connectivity index (χ4v) is 2.88. The molecule has 0 fully saturated rings. The van der Waals surface area contributed by atoms with E-state index in [1.807, 2.05) is 6.07 Å². The van der Waals surface area contributed by atoms with Gasteiger partial charge in [0, 0.05) is 22.0 Å². The second-order valence-electron chi connectivity index (χ2n) is 4.41. The van der Waals surface area contributed by atoms with E-state index in [0.717, 1.165) is 5.69 Å². The Bertz CT molecular complexity index is 676. The Morgan fingerprint density at radius 1 is 1.11 bits per heavy atom. The standard InChI is InChI=1S/C14H12N2O2S/c1-8-2-4-10(19-8)7-15-9-3-5-11-12(6-9)14(18)16-13(11)17/h2-6,15H,7H2,1H3,(H,16,17,18). The Hall–Kier alpha value is -2.14. The molecule has 0 radical (unpaired) electrons. The zero-order valence-corrected chi connectivity index (χ0v) is 11.1. The number of carbonyl (C=O) groups is 2. The molecule has 2 amide bonds. The molecule has 0 atom stereocenters. The fraction of sp³-hybridized carbons (Fsp3) is 0.143. The van der Waals surface area contributed by atoms with Crippen molar-refractivity contribution in [1.82, 2.24) is 5.32 Å². The van der Waals surface area contributed by atoms with Crippen molar-refractivity contribution in [2.75, 3.05) is 5.32 Å². The van der Waals surface area contributed by atoms with Gasteiger partial charge in [0.1, 0.15) is 0 Å². The van der Waals surface area contributed by atoms with Gasteiger partial charge in [-0.2, -0.15) is 0 Å². The van der Waals surface area contributed by atoms with Gasteiger partial charge in [0.25, 0.3) is 11.8 Å². The molecule has 2 N–H and O–H groups in total. The lowest BCUT2D eigenvalue weighted by Crippen LogP contribution is -2.19. The van der Waals surface area contributed by atoms with E-state index in [4.69, 9.17) is 0 Å². The van der Waals surface area contributed by atoms with E-state index in [0.29, 0.717) is 17.7 Å². The van der Waals surface area contributed by atoms with E-state index in [1.165, 1.54) is 9.75 Å². The summed E-state index contributed by atoms with van der Waals surface area (Å²) < 4.78 is 0. The predicted molar refractivity (Wildman–Crippen MR) is 74.6 cm³/mol. The normalized spacial score (nSPS) is 13.3. The molecular formula is C14H12N2O2S. The van der Waals surface area contributed by atoms with Crippen molar-refractivity contribution in [2.24, 2.45) is 0 Å². The highest BCUT2D eigenvalue weighted by atomic mass is 32.1. The Morgan fingerprint density at radius 2 is 1.89 bits per heavy atom. The number of imide groups is 1. The van der Waals surface area contributed by atoms with Crippen LogP contribution in [0.25, 0.3) is 0 Å². The Balaban J connectivity index is 1.78. The van der Waals surface area contributed by atoms with Crippen LogP contribution in [0.2, 0.25) is 0 Å². The van der Waals surface area contributed by atoms with Crippen molar-refractivity contribution in [3.8, 4) is 0 Å². The predicted octanol–water partition coefficient (Wildman–Crippen LogP) is 2.55. The molecule has 0 bridgehead atoms. The summed E-state index contributed by atoms with van der Waals surface area (Å²) in [6, 6.07) is 9.37. The SMILES string of the molecule is Cc1ccc(CNc2ccc3c(c2)C(=O)NC3=O)s1. The number of anilines is 1. The lowest BCUT2D eigenvalue weighted by atomic mass is 10.1. The number of benzene rings is 1. The van der Waals surface area contributed by atoms with Crippen LogP contribution in [0.1, 0.15) is 30.5 Å². The third-order valence-corrected chi connectivity index (χ3v) is 4.00. The van der Waals surface area contributed by atoms with Gasteiger partial charge in [0.2, 0.25) is 0 Å². The molecule has 1 aromatic carbocycles. The number of thiophene rings is 1. The number of rotatable bonds is 3. The quantitative estimate of drug-likeness (QED) is 0.844. The van der Waals surface area contributed by atoms with Gasteiger partial charge < -0.3 is 5.32 Å².